The molecule has 0 fully saturated rings. The van der Waals surface area contributed by atoms with Crippen LogP contribution in [0.4, 0.5) is 5.69 Å². The van der Waals surface area contributed by atoms with E-state index in [4.69, 9.17) is 4.74 Å². The second kappa shape index (κ2) is 8.85. The largest absolute Gasteiger partial charge is 0.480 e. The van der Waals surface area contributed by atoms with Crippen LogP contribution in [0.2, 0.25) is 0 Å². The fraction of sp³-hybridized carbons (Fsp3) is 0.238. The smallest absolute Gasteiger partial charge is 0.265 e. The maximum Gasteiger partial charge on any atom is 0.265 e. The summed E-state index contributed by atoms with van der Waals surface area (Å²) in [5.74, 6) is 0.105. The second-order valence-electron chi connectivity index (χ2n) is 6.01. The SMILES string of the molecule is C=CCNC(=O)c1ccccc1NC(=O)C(C)Oc1c(C)cccc1C. The van der Waals surface area contributed by atoms with E-state index in [1.165, 1.54) is 0 Å². The molecule has 26 heavy (non-hydrogen) atoms. The number of benzene rings is 2. The van der Waals surface area contributed by atoms with Crippen LogP contribution in [0.15, 0.2) is 55.1 Å². The number of hydrogen-bond acceptors (Lipinski definition) is 3. The maximum atomic E-state index is 12.5. The molecule has 0 radical (unpaired) electrons. The topological polar surface area (TPSA) is 67.4 Å². The first-order valence-electron chi connectivity index (χ1n) is 8.46. The Morgan fingerprint density at radius 3 is 2.42 bits per heavy atom. The molecule has 0 aliphatic heterocycles. The van der Waals surface area contributed by atoms with Crippen molar-refractivity contribution in [2.45, 2.75) is 26.9 Å². The molecule has 0 bridgehead atoms. The van der Waals surface area contributed by atoms with E-state index in [0.29, 0.717) is 23.5 Å². The van der Waals surface area contributed by atoms with E-state index in [-0.39, 0.29) is 11.8 Å². The Morgan fingerprint density at radius 2 is 1.77 bits per heavy atom. The average molecular weight is 352 g/mol. The van der Waals surface area contributed by atoms with Gasteiger partial charge >= 0.3 is 0 Å². The second-order valence-corrected chi connectivity index (χ2v) is 6.01. The number of amides is 2. The van der Waals surface area contributed by atoms with Crippen molar-refractivity contribution in [1.29, 1.82) is 0 Å². The van der Waals surface area contributed by atoms with Crippen molar-refractivity contribution in [2.75, 3.05) is 11.9 Å². The summed E-state index contributed by atoms with van der Waals surface area (Å²) in [4.78, 5) is 24.8. The van der Waals surface area contributed by atoms with Crippen LogP contribution in [0.5, 0.6) is 5.75 Å². The lowest BCUT2D eigenvalue weighted by atomic mass is 10.1. The van der Waals surface area contributed by atoms with Crippen LogP contribution in [0.1, 0.15) is 28.4 Å². The Labute approximate surface area is 154 Å². The zero-order valence-electron chi connectivity index (χ0n) is 15.3. The number of hydrogen-bond donors (Lipinski definition) is 2. The Hall–Kier alpha value is -3.08. The number of carbonyl (C=O) groups is 2. The van der Waals surface area contributed by atoms with E-state index in [2.05, 4.69) is 17.2 Å². The van der Waals surface area contributed by atoms with Gasteiger partial charge in [0, 0.05) is 6.54 Å². The highest BCUT2D eigenvalue weighted by Crippen LogP contribution is 2.24. The molecule has 5 heteroatoms. The third-order valence-electron chi connectivity index (χ3n) is 3.91. The molecule has 2 aromatic carbocycles. The van der Waals surface area contributed by atoms with Crippen molar-refractivity contribution < 1.29 is 14.3 Å². The molecule has 136 valence electrons. The summed E-state index contributed by atoms with van der Waals surface area (Å²) in [6, 6.07) is 12.7. The van der Waals surface area contributed by atoms with Crippen LogP contribution in [-0.4, -0.2) is 24.5 Å². The monoisotopic (exact) mass is 352 g/mol. The van der Waals surface area contributed by atoms with Gasteiger partial charge in [-0.25, -0.2) is 0 Å². The molecule has 0 saturated heterocycles. The zero-order valence-corrected chi connectivity index (χ0v) is 15.3. The van der Waals surface area contributed by atoms with Gasteiger partial charge in [0.15, 0.2) is 6.10 Å². The van der Waals surface area contributed by atoms with E-state index in [1.54, 1.807) is 37.3 Å². The van der Waals surface area contributed by atoms with Crippen molar-refractivity contribution in [2.24, 2.45) is 0 Å². The lowest BCUT2D eigenvalue weighted by Crippen LogP contribution is -2.32. The summed E-state index contributed by atoms with van der Waals surface area (Å²) < 4.78 is 5.85. The number of rotatable bonds is 7. The average Bonchev–Trinajstić information content (AvgIpc) is 2.63. The van der Waals surface area contributed by atoms with Gasteiger partial charge in [0.2, 0.25) is 0 Å². The molecule has 0 heterocycles. The molecule has 5 nitrogen and oxygen atoms in total. The summed E-state index contributed by atoms with van der Waals surface area (Å²) in [6.07, 6.45) is 0.888. The molecule has 0 saturated carbocycles. The molecule has 2 aromatic rings. The minimum atomic E-state index is -0.709. The highest BCUT2D eigenvalue weighted by Gasteiger charge is 2.19. The number of anilines is 1. The number of para-hydroxylation sites is 2. The molecular formula is C21H24N2O3. The fourth-order valence-corrected chi connectivity index (χ4v) is 2.50. The van der Waals surface area contributed by atoms with Crippen molar-refractivity contribution >= 4 is 17.5 Å². The van der Waals surface area contributed by atoms with Crippen molar-refractivity contribution in [1.82, 2.24) is 5.32 Å². The van der Waals surface area contributed by atoms with Gasteiger partial charge in [0.05, 0.1) is 11.3 Å². The van der Waals surface area contributed by atoms with Crippen molar-refractivity contribution in [3.05, 3.63) is 71.8 Å². The van der Waals surface area contributed by atoms with E-state index in [1.807, 2.05) is 32.0 Å². The van der Waals surface area contributed by atoms with Gasteiger partial charge < -0.3 is 15.4 Å². The third kappa shape index (κ3) is 4.72. The molecule has 0 spiro atoms. The molecule has 0 aliphatic rings. The highest BCUT2D eigenvalue weighted by molar-refractivity contribution is 6.04. The number of aryl methyl sites for hydroxylation is 2. The van der Waals surface area contributed by atoms with Crippen LogP contribution in [0.3, 0.4) is 0 Å². The number of carbonyl (C=O) groups excluding carboxylic acids is 2. The molecule has 0 aliphatic carbocycles. The van der Waals surface area contributed by atoms with Crippen molar-refractivity contribution in [3.63, 3.8) is 0 Å². The summed E-state index contributed by atoms with van der Waals surface area (Å²) >= 11 is 0. The highest BCUT2D eigenvalue weighted by atomic mass is 16.5. The van der Waals surface area contributed by atoms with Gasteiger partial charge in [0.1, 0.15) is 5.75 Å². The van der Waals surface area contributed by atoms with Crippen LogP contribution in [-0.2, 0) is 4.79 Å². The van der Waals surface area contributed by atoms with Crippen LogP contribution < -0.4 is 15.4 Å². The predicted molar refractivity (Wildman–Crippen MR) is 104 cm³/mol. The Morgan fingerprint density at radius 1 is 1.12 bits per heavy atom. The Kier molecular flexibility index (Phi) is 6.55. The van der Waals surface area contributed by atoms with Gasteiger partial charge in [-0.2, -0.15) is 0 Å². The van der Waals surface area contributed by atoms with Crippen LogP contribution >= 0.6 is 0 Å². The molecule has 0 aromatic heterocycles. The first kappa shape index (κ1) is 19.2. The van der Waals surface area contributed by atoms with Gasteiger partial charge in [-0.3, -0.25) is 9.59 Å². The Balaban J connectivity index is 2.12. The maximum absolute atomic E-state index is 12.5. The number of ether oxygens (including phenoxy) is 1. The standard InChI is InChI=1S/C21H24N2O3/c1-5-13-22-21(25)17-11-6-7-12-18(17)23-20(24)16(4)26-19-14(2)9-8-10-15(19)3/h5-12,16H,1,13H2,2-4H3,(H,22,25)(H,23,24). The third-order valence-corrected chi connectivity index (χ3v) is 3.91. The molecule has 2 amide bonds. The summed E-state index contributed by atoms with van der Waals surface area (Å²) in [5.41, 5.74) is 2.76. The summed E-state index contributed by atoms with van der Waals surface area (Å²) in [7, 11) is 0. The lowest BCUT2D eigenvalue weighted by molar-refractivity contribution is -0.122. The molecular weight excluding hydrogens is 328 g/mol. The van der Waals surface area contributed by atoms with E-state index < -0.39 is 6.10 Å². The number of nitrogens with one attached hydrogen (secondary N) is 2. The van der Waals surface area contributed by atoms with Crippen molar-refractivity contribution in [3.8, 4) is 5.75 Å². The van der Waals surface area contributed by atoms with E-state index in [9.17, 15) is 9.59 Å². The normalized spacial score (nSPS) is 11.3. The first-order chi connectivity index (χ1) is 12.4. The van der Waals surface area contributed by atoms with Gasteiger partial charge in [-0.05, 0) is 44.0 Å². The lowest BCUT2D eigenvalue weighted by Gasteiger charge is -2.19. The molecule has 1 atom stereocenters. The molecule has 2 rings (SSSR count). The van der Waals surface area contributed by atoms with E-state index in [0.717, 1.165) is 11.1 Å². The van der Waals surface area contributed by atoms with Gasteiger partial charge in [0.25, 0.3) is 11.8 Å². The van der Waals surface area contributed by atoms with Crippen LogP contribution in [0.25, 0.3) is 0 Å². The van der Waals surface area contributed by atoms with Gasteiger partial charge in [-0.15, -0.1) is 6.58 Å². The summed E-state index contributed by atoms with van der Waals surface area (Å²) in [6.45, 7) is 9.48. The zero-order chi connectivity index (χ0) is 19.1. The van der Waals surface area contributed by atoms with E-state index >= 15 is 0 Å². The van der Waals surface area contributed by atoms with Gasteiger partial charge in [-0.1, -0.05) is 36.4 Å². The molecule has 2 N–H and O–H groups in total. The Bertz CT molecular complexity index is 794. The first-order valence-corrected chi connectivity index (χ1v) is 8.46. The minimum Gasteiger partial charge on any atom is -0.480 e. The predicted octanol–water partition coefficient (Wildman–Crippen LogP) is 3.63. The molecule has 1 unspecified atom stereocenters. The quantitative estimate of drug-likeness (QED) is 0.748. The fourth-order valence-electron chi connectivity index (χ4n) is 2.50. The minimum absolute atomic E-state index is 0.274. The van der Waals surface area contributed by atoms with Crippen LogP contribution in [0, 0.1) is 13.8 Å². The summed E-state index contributed by atoms with van der Waals surface area (Å²) in [5, 5.41) is 5.48.